The minimum Gasteiger partial charge on any atom is -0.465 e. The van der Waals surface area contributed by atoms with Gasteiger partial charge in [-0.25, -0.2) is 0 Å². The van der Waals surface area contributed by atoms with Crippen molar-refractivity contribution in [2.24, 2.45) is 5.92 Å². The molecule has 0 aromatic carbocycles. The monoisotopic (exact) mass is 332 g/mol. The van der Waals surface area contributed by atoms with Gasteiger partial charge in [0.1, 0.15) is 0 Å². The van der Waals surface area contributed by atoms with E-state index in [1.54, 1.807) is 13.8 Å². The van der Waals surface area contributed by atoms with Gasteiger partial charge < -0.3 is 4.74 Å². The summed E-state index contributed by atoms with van der Waals surface area (Å²) >= 11 is 3.19. The van der Waals surface area contributed by atoms with Gasteiger partial charge in [0.25, 0.3) is 0 Å². The summed E-state index contributed by atoms with van der Waals surface area (Å²) in [5.74, 6) is -0.129. The lowest BCUT2D eigenvalue weighted by atomic mass is 9.94. The van der Waals surface area contributed by atoms with Crippen LogP contribution in [0, 0.1) is 5.92 Å². The molecule has 0 N–H and O–H groups in total. The van der Waals surface area contributed by atoms with Crippen molar-refractivity contribution in [3.8, 4) is 0 Å². The van der Waals surface area contributed by atoms with Gasteiger partial charge in [-0.1, -0.05) is 35.4 Å². The van der Waals surface area contributed by atoms with Crippen LogP contribution in [-0.2, 0) is 14.3 Å². The Balaban J connectivity index is 4.15. The van der Waals surface area contributed by atoms with E-state index >= 15 is 0 Å². The first-order chi connectivity index (χ1) is 8.86. The molecule has 0 aliphatic heterocycles. The fraction of sp³-hybridized carbons (Fsp3) is 0.733. The van der Waals surface area contributed by atoms with Gasteiger partial charge in [0.05, 0.1) is 6.61 Å². The topological polar surface area (TPSA) is 43.4 Å². The van der Waals surface area contributed by atoms with Gasteiger partial charge in [0, 0.05) is 6.42 Å². The maximum absolute atomic E-state index is 12.1. The fourth-order valence-corrected chi connectivity index (χ4v) is 2.06. The molecule has 0 saturated heterocycles. The van der Waals surface area contributed by atoms with Gasteiger partial charge >= 0.3 is 5.97 Å². The number of halogens is 1. The number of carbonyl (C=O) groups is 2. The van der Waals surface area contributed by atoms with Crippen LogP contribution in [0.25, 0.3) is 0 Å². The maximum atomic E-state index is 12.1. The smallest absolute Gasteiger partial charge is 0.330 e. The van der Waals surface area contributed by atoms with Gasteiger partial charge in [-0.15, -0.1) is 6.58 Å². The number of alkyl halides is 1. The Labute approximate surface area is 124 Å². The Bertz CT molecular complexity index is 311. The number of ether oxygens (including phenoxy) is 1. The molecule has 0 bridgehead atoms. The van der Waals surface area contributed by atoms with Gasteiger partial charge in [0.15, 0.2) is 10.1 Å². The quantitative estimate of drug-likeness (QED) is 0.199. The highest BCUT2D eigenvalue weighted by molar-refractivity contribution is 9.10. The van der Waals surface area contributed by atoms with Crippen molar-refractivity contribution in [2.75, 3.05) is 6.61 Å². The molecule has 4 heteroatoms. The summed E-state index contributed by atoms with van der Waals surface area (Å²) in [5.41, 5.74) is 0. The summed E-state index contributed by atoms with van der Waals surface area (Å²) in [6, 6.07) is 0. The first-order valence-electron chi connectivity index (χ1n) is 6.86. The van der Waals surface area contributed by atoms with Crippen molar-refractivity contribution in [1.29, 1.82) is 0 Å². The highest BCUT2D eigenvalue weighted by Gasteiger charge is 2.39. The third-order valence-electron chi connectivity index (χ3n) is 3.15. The van der Waals surface area contributed by atoms with E-state index in [4.69, 9.17) is 4.74 Å². The molecule has 2 atom stereocenters. The summed E-state index contributed by atoms with van der Waals surface area (Å²) in [5, 5.41) is 0. The molecule has 0 rings (SSSR count). The Kier molecular flexibility index (Phi) is 8.98. The van der Waals surface area contributed by atoms with E-state index in [9.17, 15) is 9.59 Å². The molecule has 0 aromatic heterocycles. The van der Waals surface area contributed by atoms with Crippen LogP contribution in [0.5, 0.6) is 0 Å². The summed E-state index contributed by atoms with van der Waals surface area (Å²) < 4.78 is 3.69. The van der Waals surface area contributed by atoms with E-state index in [-0.39, 0.29) is 12.4 Å². The average molecular weight is 333 g/mol. The zero-order valence-electron chi connectivity index (χ0n) is 12.2. The Morgan fingerprint density at radius 2 is 2.05 bits per heavy atom. The van der Waals surface area contributed by atoms with Crippen LogP contribution >= 0.6 is 15.9 Å². The van der Waals surface area contributed by atoms with Crippen LogP contribution in [0.2, 0.25) is 0 Å². The maximum Gasteiger partial charge on any atom is 0.330 e. The lowest BCUT2D eigenvalue weighted by molar-refractivity contribution is -0.148. The molecule has 0 amide bonds. The molecule has 110 valence electrons. The zero-order chi connectivity index (χ0) is 14.9. The van der Waals surface area contributed by atoms with E-state index in [0.29, 0.717) is 12.3 Å². The van der Waals surface area contributed by atoms with Gasteiger partial charge in [-0.2, -0.15) is 0 Å². The first kappa shape index (κ1) is 18.4. The normalized spacial score (nSPS) is 15.4. The predicted octanol–water partition coefficient (Wildman–Crippen LogP) is 4.04. The summed E-state index contributed by atoms with van der Waals surface area (Å²) in [7, 11) is 0. The zero-order valence-corrected chi connectivity index (χ0v) is 13.8. The van der Waals surface area contributed by atoms with E-state index < -0.39 is 10.3 Å². The molecule has 0 fully saturated rings. The molecule has 0 radical (unpaired) electrons. The molecule has 0 heterocycles. The minimum absolute atomic E-state index is 0.110. The highest BCUT2D eigenvalue weighted by Crippen LogP contribution is 2.25. The standard InChI is InChI=1S/C15H25BrO3/c1-5-7-8-9-12(3)10-11-13(17)15(4,16)14(18)19-6-2/h5,12H,1,6-11H2,2-4H3. The molecule has 0 aromatic rings. The average Bonchev–Trinajstić information content (AvgIpc) is 2.36. The van der Waals surface area contributed by atoms with E-state index in [1.165, 1.54) is 0 Å². The number of allylic oxidation sites excluding steroid dienone is 1. The second-order valence-electron chi connectivity index (χ2n) is 5.01. The van der Waals surface area contributed by atoms with Crippen LogP contribution in [0.1, 0.15) is 52.9 Å². The molecule has 2 unspecified atom stereocenters. The second-order valence-corrected chi connectivity index (χ2v) is 6.60. The Hall–Kier alpha value is -0.640. The van der Waals surface area contributed by atoms with Crippen molar-refractivity contribution in [3.63, 3.8) is 0 Å². The van der Waals surface area contributed by atoms with Crippen LogP contribution < -0.4 is 0 Å². The van der Waals surface area contributed by atoms with Crippen molar-refractivity contribution < 1.29 is 14.3 Å². The van der Waals surface area contributed by atoms with Crippen molar-refractivity contribution in [2.45, 2.75) is 57.2 Å². The van der Waals surface area contributed by atoms with Crippen molar-refractivity contribution in [3.05, 3.63) is 12.7 Å². The van der Waals surface area contributed by atoms with Crippen LogP contribution in [-0.4, -0.2) is 22.7 Å². The molecule has 3 nitrogen and oxygen atoms in total. The second kappa shape index (κ2) is 9.29. The number of hydrogen-bond donors (Lipinski definition) is 0. The molecule has 0 aliphatic carbocycles. The Morgan fingerprint density at radius 3 is 2.58 bits per heavy atom. The molecular weight excluding hydrogens is 308 g/mol. The first-order valence-corrected chi connectivity index (χ1v) is 7.65. The van der Waals surface area contributed by atoms with Gasteiger partial charge in [-0.3, -0.25) is 9.59 Å². The minimum atomic E-state index is -1.20. The lowest BCUT2D eigenvalue weighted by Gasteiger charge is -2.19. The van der Waals surface area contributed by atoms with Crippen molar-refractivity contribution in [1.82, 2.24) is 0 Å². The van der Waals surface area contributed by atoms with Gasteiger partial charge in [0.2, 0.25) is 0 Å². The summed E-state index contributed by atoms with van der Waals surface area (Å²) in [6.45, 7) is 9.40. The number of esters is 1. The third kappa shape index (κ3) is 6.90. The molecule has 0 spiro atoms. The van der Waals surface area contributed by atoms with E-state index in [0.717, 1.165) is 25.7 Å². The molecular formula is C15H25BrO3. The number of Topliss-reactive ketones (excluding diaryl/α,β-unsaturated/α-hetero) is 1. The largest absolute Gasteiger partial charge is 0.465 e. The summed E-state index contributed by atoms with van der Waals surface area (Å²) in [4.78, 5) is 23.7. The summed E-state index contributed by atoms with van der Waals surface area (Å²) in [6.07, 6.45) is 6.30. The highest BCUT2D eigenvalue weighted by atomic mass is 79.9. The number of rotatable bonds is 10. The van der Waals surface area contributed by atoms with Crippen LogP contribution in [0.15, 0.2) is 12.7 Å². The number of unbranched alkanes of at least 4 members (excludes halogenated alkanes) is 1. The van der Waals surface area contributed by atoms with Crippen LogP contribution in [0.4, 0.5) is 0 Å². The number of hydrogen-bond acceptors (Lipinski definition) is 3. The predicted molar refractivity (Wildman–Crippen MR) is 81.4 cm³/mol. The Morgan fingerprint density at radius 1 is 1.42 bits per heavy atom. The molecule has 19 heavy (non-hydrogen) atoms. The van der Waals surface area contributed by atoms with Crippen LogP contribution in [0.3, 0.4) is 0 Å². The SMILES string of the molecule is C=CCCCC(C)CCC(=O)C(C)(Br)C(=O)OCC. The number of carbonyl (C=O) groups excluding carboxylic acids is 2. The van der Waals surface area contributed by atoms with E-state index in [1.807, 2.05) is 6.08 Å². The number of ketones is 1. The molecule has 0 aliphatic rings. The van der Waals surface area contributed by atoms with Gasteiger partial charge in [-0.05, 0) is 39.0 Å². The molecule has 0 saturated carbocycles. The fourth-order valence-electron chi connectivity index (χ4n) is 1.75. The lowest BCUT2D eigenvalue weighted by Crippen LogP contribution is -2.39. The van der Waals surface area contributed by atoms with E-state index in [2.05, 4.69) is 29.4 Å². The third-order valence-corrected chi connectivity index (χ3v) is 3.92. The van der Waals surface area contributed by atoms with Crippen molar-refractivity contribution >= 4 is 27.7 Å².